The van der Waals surface area contributed by atoms with Crippen LogP contribution >= 0.6 is 0 Å². The average Bonchev–Trinajstić information content (AvgIpc) is 2.86. The molecule has 0 radical (unpaired) electrons. The fraction of sp³-hybridized carbons (Fsp3) is 0.917. The standard InChI is InChI=1S/C12H20N2O3/c15-12(16)11-9-7-14(8-10(9)11)2-1-13-3-5-17-6-4-13/h9-11H,1-8H2,(H,15,16). The zero-order valence-electron chi connectivity index (χ0n) is 10.0. The highest BCUT2D eigenvalue weighted by Crippen LogP contribution is 2.51. The van der Waals surface area contributed by atoms with Crippen molar-refractivity contribution < 1.29 is 14.6 Å². The van der Waals surface area contributed by atoms with Crippen molar-refractivity contribution in [3.63, 3.8) is 0 Å². The first-order valence-electron chi connectivity index (χ1n) is 6.51. The van der Waals surface area contributed by atoms with Gasteiger partial charge in [0.1, 0.15) is 0 Å². The van der Waals surface area contributed by atoms with E-state index in [-0.39, 0.29) is 5.92 Å². The third kappa shape index (κ3) is 2.32. The molecule has 2 unspecified atom stereocenters. The number of fused-ring (bicyclic) bond motifs is 1. The highest BCUT2D eigenvalue weighted by atomic mass is 16.5. The van der Waals surface area contributed by atoms with E-state index >= 15 is 0 Å². The van der Waals surface area contributed by atoms with Gasteiger partial charge in [-0.1, -0.05) is 0 Å². The molecule has 3 fully saturated rings. The van der Waals surface area contributed by atoms with E-state index in [1.807, 2.05) is 0 Å². The van der Waals surface area contributed by atoms with Gasteiger partial charge >= 0.3 is 5.97 Å². The van der Waals surface area contributed by atoms with Crippen LogP contribution in [0.15, 0.2) is 0 Å². The maximum Gasteiger partial charge on any atom is 0.307 e. The van der Waals surface area contributed by atoms with E-state index in [1.165, 1.54) is 0 Å². The molecule has 0 aromatic carbocycles. The first-order chi connectivity index (χ1) is 8.25. The molecule has 96 valence electrons. The second-order valence-corrected chi connectivity index (χ2v) is 5.41. The molecule has 3 rings (SSSR count). The molecule has 1 saturated carbocycles. The normalized spacial score (nSPS) is 38.0. The summed E-state index contributed by atoms with van der Waals surface area (Å²) in [6.45, 7) is 7.95. The van der Waals surface area contributed by atoms with Gasteiger partial charge in [0.15, 0.2) is 0 Å². The van der Waals surface area contributed by atoms with Crippen molar-refractivity contribution in [1.29, 1.82) is 0 Å². The minimum absolute atomic E-state index is 0.0327. The molecule has 0 bridgehead atoms. The molecule has 2 saturated heterocycles. The van der Waals surface area contributed by atoms with Gasteiger partial charge in [0.2, 0.25) is 0 Å². The molecular formula is C12H20N2O3. The predicted molar refractivity (Wildman–Crippen MR) is 61.8 cm³/mol. The van der Waals surface area contributed by atoms with Crippen LogP contribution in [0.3, 0.4) is 0 Å². The van der Waals surface area contributed by atoms with E-state index in [0.29, 0.717) is 11.8 Å². The zero-order valence-corrected chi connectivity index (χ0v) is 10.0. The molecule has 5 heteroatoms. The van der Waals surface area contributed by atoms with Crippen LogP contribution < -0.4 is 0 Å². The van der Waals surface area contributed by atoms with Crippen molar-refractivity contribution in [3.05, 3.63) is 0 Å². The Morgan fingerprint density at radius 3 is 2.29 bits per heavy atom. The first kappa shape index (κ1) is 11.4. The lowest BCUT2D eigenvalue weighted by Crippen LogP contribution is -2.41. The molecule has 1 N–H and O–H groups in total. The number of hydrogen-bond donors (Lipinski definition) is 1. The highest BCUT2D eigenvalue weighted by Gasteiger charge is 2.59. The number of morpholine rings is 1. The van der Waals surface area contributed by atoms with Gasteiger partial charge in [0.25, 0.3) is 0 Å². The molecule has 3 aliphatic rings. The van der Waals surface area contributed by atoms with Crippen molar-refractivity contribution in [2.45, 2.75) is 0 Å². The summed E-state index contributed by atoms with van der Waals surface area (Å²) in [6.07, 6.45) is 0. The number of carboxylic acids is 1. The molecule has 2 aliphatic heterocycles. The van der Waals surface area contributed by atoms with Gasteiger partial charge in [-0.25, -0.2) is 0 Å². The number of aliphatic carboxylic acids is 1. The van der Waals surface area contributed by atoms with Gasteiger partial charge < -0.3 is 14.7 Å². The van der Waals surface area contributed by atoms with Crippen LogP contribution in [0, 0.1) is 17.8 Å². The first-order valence-corrected chi connectivity index (χ1v) is 6.51. The molecule has 17 heavy (non-hydrogen) atoms. The minimum atomic E-state index is -0.590. The molecule has 1 aliphatic carbocycles. The summed E-state index contributed by atoms with van der Waals surface area (Å²) >= 11 is 0. The summed E-state index contributed by atoms with van der Waals surface area (Å²) in [5.41, 5.74) is 0. The van der Waals surface area contributed by atoms with Crippen LogP contribution in [-0.4, -0.2) is 73.4 Å². The van der Waals surface area contributed by atoms with Crippen LogP contribution in [0.25, 0.3) is 0 Å². The topological polar surface area (TPSA) is 53.0 Å². The van der Waals surface area contributed by atoms with Gasteiger partial charge in [0, 0.05) is 39.3 Å². The third-order valence-electron chi connectivity index (χ3n) is 4.39. The zero-order chi connectivity index (χ0) is 11.8. The molecule has 2 atom stereocenters. The van der Waals surface area contributed by atoms with E-state index in [9.17, 15) is 4.79 Å². The van der Waals surface area contributed by atoms with Gasteiger partial charge in [-0.3, -0.25) is 9.69 Å². The Morgan fingerprint density at radius 2 is 1.71 bits per heavy atom. The Hall–Kier alpha value is -0.650. The van der Waals surface area contributed by atoms with Crippen molar-refractivity contribution in [1.82, 2.24) is 9.80 Å². The van der Waals surface area contributed by atoms with Crippen LogP contribution in [0.2, 0.25) is 0 Å². The molecular weight excluding hydrogens is 220 g/mol. The number of carbonyl (C=O) groups is 1. The number of carboxylic acid groups (broad SMARTS) is 1. The quantitative estimate of drug-likeness (QED) is 0.723. The molecule has 0 spiro atoms. The molecule has 0 amide bonds. The van der Waals surface area contributed by atoms with E-state index in [0.717, 1.165) is 52.5 Å². The van der Waals surface area contributed by atoms with Gasteiger partial charge in [0.05, 0.1) is 19.1 Å². The number of ether oxygens (including phenoxy) is 1. The Labute approximate surface area is 101 Å². The van der Waals surface area contributed by atoms with Gasteiger partial charge in [-0.15, -0.1) is 0 Å². The summed E-state index contributed by atoms with van der Waals surface area (Å²) in [6, 6.07) is 0. The molecule has 0 aromatic rings. The summed E-state index contributed by atoms with van der Waals surface area (Å²) in [7, 11) is 0. The number of hydrogen-bond acceptors (Lipinski definition) is 4. The Bertz CT molecular complexity index is 292. The maximum absolute atomic E-state index is 10.8. The van der Waals surface area contributed by atoms with Crippen LogP contribution in [0.5, 0.6) is 0 Å². The van der Waals surface area contributed by atoms with E-state index in [1.54, 1.807) is 0 Å². The Kier molecular flexibility index (Phi) is 3.06. The highest BCUT2D eigenvalue weighted by molar-refractivity contribution is 5.74. The Morgan fingerprint density at radius 1 is 1.12 bits per heavy atom. The summed E-state index contributed by atoms with van der Waals surface area (Å²) in [5.74, 6) is 0.261. The Balaban J connectivity index is 1.37. The number of piperidine rings is 1. The van der Waals surface area contributed by atoms with Crippen molar-refractivity contribution in [3.8, 4) is 0 Å². The van der Waals surface area contributed by atoms with Crippen molar-refractivity contribution >= 4 is 5.97 Å². The fourth-order valence-electron chi connectivity index (χ4n) is 3.27. The van der Waals surface area contributed by atoms with E-state index in [2.05, 4.69) is 9.80 Å². The minimum Gasteiger partial charge on any atom is -0.481 e. The number of likely N-dealkylation sites (tertiary alicyclic amines) is 1. The van der Waals surface area contributed by atoms with E-state index in [4.69, 9.17) is 9.84 Å². The lowest BCUT2D eigenvalue weighted by Gasteiger charge is -2.29. The lowest BCUT2D eigenvalue weighted by atomic mass is 10.2. The third-order valence-corrected chi connectivity index (χ3v) is 4.39. The lowest BCUT2D eigenvalue weighted by molar-refractivity contribution is -0.139. The van der Waals surface area contributed by atoms with Gasteiger partial charge in [-0.05, 0) is 11.8 Å². The smallest absolute Gasteiger partial charge is 0.307 e. The van der Waals surface area contributed by atoms with Crippen LogP contribution in [0.1, 0.15) is 0 Å². The van der Waals surface area contributed by atoms with E-state index < -0.39 is 5.97 Å². The molecule has 0 aromatic heterocycles. The SMILES string of the molecule is O=C(O)C1C2CN(CCN3CCOCC3)CC21. The maximum atomic E-state index is 10.8. The molecule has 5 nitrogen and oxygen atoms in total. The second kappa shape index (κ2) is 4.55. The summed E-state index contributed by atoms with van der Waals surface area (Å²) in [4.78, 5) is 15.7. The summed E-state index contributed by atoms with van der Waals surface area (Å²) < 4.78 is 5.32. The largest absolute Gasteiger partial charge is 0.481 e. The van der Waals surface area contributed by atoms with Crippen LogP contribution in [0.4, 0.5) is 0 Å². The fourth-order valence-corrected chi connectivity index (χ4v) is 3.27. The van der Waals surface area contributed by atoms with Crippen molar-refractivity contribution in [2.75, 3.05) is 52.5 Å². The average molecular weight is 240 g/mol. The molecule has 2 heterocycles. The van der Waals surface area contributed by atoms with Gasteiger partial charge in [-0.2, -0.15) is 0 Å². The summed E-state index contributed by atoms with van der Waals surface area (Å²) in [5, 5.41) is 8.94. The second-order valence-electron chi connectivity index (χ2n) is 5.41. The number of nitrogens with zero attached hydrogens (tertiary/aromatic N) is 2. The van der Waals surface area contributed by atoms with Crippen molar-refractivity contribution in [2.24, 2.45) is 17.8 Å². The van der Waals surface area contributed by atoms with Crippen LogP contribution in [-0.2, 0) is 9.53 Å². The number of rotatable bonds is 4. The monoisotopic (exact) mass is 240 g/mol. The predicted octanol–water partition coefficient (Wildman–Crippen LogP) is -0.419.